The third-order valence-electron chi connectivity index (χ3n) is 4.59. The van der Waals surface area contributed by atoms with Crippen LogP contribution in [0.3, 0.4) is 0 Å². The summed E-state index contributed by atoms with van der Waals surface area (Å²) in [6.45, 7) is 1.58. The monoisotopic (exact) mass is 389 g/mol. The molecule has 1 N–H and O–H groups in total. The van der Waals surface area contributed by atoms with Crippen molar-refractivity contribution in [3.63, 3.8) is 0 Å². The predicted molar refractivity (Wildman–Crippen MR) is 103 cm³/mol. The fourth-order valence-corrected chi connectivity index (χ4v) is 3.31. The molecule has 1 aromatic carbocycles. The van der Waals surface area contributed by atoms with Gasteiger partial charge in [-0.2, -0.15) is 0 Å². The second-order valence-corrected chi connectivity index (χ2v) is 7.17. The van der Waals surface area contributed by atoms with Gasteiger partial charge < -0.3 is 9.67 Å². The van der Waals surface area contributed by atoms with Crippen molar-refractivity contribution in [2.24, 2.45) is 0 Å². The van der Waals surface area contributed by atoms with Crippen LogP contribution in [-0.4, -0.2) is 21.0 Å². The first kappa shape index (κ1) is 18.6. The van der Waals surface area contributed by atoms with Crippen LogP contribution in [0.5, 0.6) is 0 Å². The van der Waals surface area contributed by atoms with Crippen molar-refractivity contribution >= 4 is 29.2 Å². The van der Waals surface area contributed by atoms with Gasteiger partial charge in [-0.15, -0.1) is 11.6 Å². The molecule has 0 amide bonds. The molecule has 3 rings (SSSR count). The molecule has 1 saturated carbocycles. The quantitative estimate of drug-likeness (QED) is 0.620. The lowest BCUT2D eigenvalue weighted by Crippen LogP contribution is -2.21. The molecular weight excluding hydrogens is 373 g/mol. The maximum absolute atomic E-state index is 13.0. The molecule has 0 spiro atoms. The van der Waals surface area contributed by atoms with Crippen LogP contribution >= 0.6 is 23.2 Å². The van der Waals surface area contributed by atoms with Crippen LogP contribution in [0.25, 0.3) is 11.1 Å². The summed E-state index contributed by atoms with van der Waals surface area (Å²) < 4.78 is 1.57. The van der Waals surface area contributed by atoms with Crippen molar-refractivity contribution in [2.75, 3.05) is 0 Å². The number of aromatic nitrogens is 1. The van der Waals surface area contributed by atoms with Crippen molar-refractivity contribution in [3.05, 3.63) is 58.0 Å². The molecule has 2 aromatic rings. The Balaban J connectivity index is 2.13. The van der Waals surface area contributed by atoms with Gasteiger partial charge in [-0.05, 0) is 42.1 Å². The molecule has 3 unspecified atom stereocenters. The van der Waals surface area contributed by atoms with Gasteiger partial charge in [0.1, 0.15) is 6.04 Å². The molecule has 1 aliphatic carbocycles. The second kappa shape index (κ2) is 7.57. The molecule has 0 bridgehead atoms. The Kier molecular flexibility index (Phi) is 5.41. The molecule has 0 saturated heterocycles. The summed E-state index contributed by atoms with van der Waals surface area (Å²) in [6, 6.07) is 6.68. The van der Waals surface area contributed by atoms with Gasteiger partial charge >= 0.3 is 5.97 Å². The lowest BCUT2D eigenvalue weighted by Gasteiger charge is -2.16. The van der Waals surface area contributed by atoms with E-state index in [9.17, 15) is 14.7 Å². The Bertz CT molecular complexity index is 971. The van der Waals surface area contributed by atoms with E-state index in [0.717, 1.165) is 17.5 Å². The number of halogens is 2. The molecule has 1 aromatic heterocycles. The van der Waals surface area contributed by atoms with Crippen LogP contribution in [0.1, 0.15) is 36.4 Å². The van der Waals surface area contributed by atoms with Gasteiger partial charge in [0.2, 0.25) is 0 Å². The van der Waals surface area contributed by atoms with Gasteiger partial charge in [-0.3, -0.25) is 4.79 Å². The highest BCUT2D eigenvalue weighted by atomic mass is 35.5. The number of carboxylic acids is 1. The average Bonchev–Trinajstić information content (AvgIpc) is 3.36. The van der Waals surface area contributed by atoms with Crippen molar-refractivity contribution < 1.29 is 9.90 Å². The molecule has 6 heteroatoms. The summed E-state index contributed by atoms with van der Waals surface area (Å²) in [5, 5.41) is 11.6. The average molecular weight is 390 g/mol. The first-order chi connectivity index (χ1) is 12.4. The van der Waals surface area contributed by atoms with E-state index in [2.05, 4.69) is 11.3 Å². The Morgan fingerprint density at radius 1 is 1.42 bits per heavy atom. The van der Waals surface area contributed by atoms with E-state index < -0.39 is 12.0 Å². The molecule has 1 fully saturated rings. The summed E-state index contributed by atoms with van der Waals surface area (Å²) in [6.07, 6.45) is 4.43. The van der Waals surface area contributed by atoms with E-state index in [4.69, 9.17) is 23.2 Å². The lowest BCUT2D eigenvalue weighted by molar-refractivity contribution is -0.140. The van der Waals surface area contributed by atoms with Crippen molar-refractivity contribution in [2.45, 2.75) is 37.1 Å². The Morgan fingerprint density at radius 2 is 2.15 bits per heavy atom. The zero-order valence-electron chi connectivity index (χ0n) is 14.1. The molecular formula is C20H17Cl2NO3. The topological polar surface area (TPSA) is 59.3 Å². The summed E-state index contributed by atoms with van der Waals surface area (Å²) >= 11 is 11.6. The number of hydrogen-bond acceptors (Lipinski definition) is 2. The fourth-order valence-electron chi connectivity index (χ4n) is 2.91. The number of hydrogen-bond donors (Lipinski definition) is 1. The Labute approximate surface area is 161 Å². The van der Waals surface area contributed by atoms with E-state index in [1.807, 2.05) is 24.3 Å². The number of carbonyl (C=O) groups is 1. The number of carboxylic acid groups (broad SMARTS) is 1. The van der Waals surface area contributed by atoms with Crippen molar-refractivity contribution in [1.29, 1.82) is 0 Å². The molecule has 134 valence electrons. The zero-order valence-corrected chi connectivity index (χ0v) is 15.6. The number of rotatable bonds is 5. The van der Waals surface area contributed by atoms with Crippen LogP contribution in [0.2, 0.25) is 0 Å². The number of benzene rings is 1. The predicted octanol–water partition coefficient (Wildman–Crippen LogP) is 4.00. The third-order valence-corrected chi connectivity index (χ3v) is 5.20. The van der Waals surface area contributed by atoms with Crippen LogP contribution < -0.4 is 5.43 Å². The lowest BCUT2D eigenvalue weighted by atomic mass is 10.00. The highest BCUT2D eigenvalue weighted by molar-refractivity contribution is 6.30. The van der Waals surface area contributed by atoms with Crippen molar-refractivity contribution in [3.8, 4) is 22.4 Å². The zero-order chi connectivity index (χ0) is 18.8. The highest BCUT2D eigenvalue weighted by Crippen LogP contribution is 2.44. The van der Waals surface area contributed by atoms with Crippen LogP contribution in [-0.2, 0) is 11.2 Å². The smallest absolute Gasteiger partial charge is 0.326 e. The van der Waals surface area contributed by atoms with Crippen molar-refractivity contribution in [1.82, 2.24) is 4.57 Å². The number of pyridine rings is 1. The first-order valence-electron chi connectivity index (χ1n) is 8.22. The minimum Gasteiger partial charge on any atom is -0.480 e. The van der Waals surface area contributed by atoms with E-state index in [-0.39, 0.29) is 16.7 Å². The summed E-state index contributed by atoms with van der Waals surface area (Å²) in [5.74, 6) is 1.80. The van der Waals surface area contributed by atoms with E-state index in [0.29, 0.717) is 17.5 Å². The maximum Gasteiger partial charge on any atom is 0.326 e. The van der Waals surface area contributed by atoms with E-state index in [1.54, 1.807) is 23.9 Å². The SMILES string of the molecule is CC(C(=O)O)n1cc(-c2cccc(CC#CCl)c2)c(=O)c(C2CC2Cl)c1. The second-order valence-electron chi connectivity index (χ2n) is 6.42. The van der Waals surface area contributed by atoms with Crippen LogP contribution in [0, 0.1) is 11.3 Å². The van der Waals surface area contributed by atoms with E-state index >= 15 is 0 Å². The summed E-state index contributed by atoms with van der Waals surface area (Å²) in [5.41, 5.74) is 2.59. The molecule has 1 heterocycles. The van der Waals surface area contributed by atoms with E-state index in [1.165, 1.54) is 0 Å². The van der Waals surface area contributed by atoms with Gasteiger partial charge in [-0.1, -0.05) is 24.1 Å². The molecule has 1 aliphatic rings. The van der Waals surface area contributed by atoms with Crippen LogP contribution in [0.4, 0.5) is 0 Å². The van der Waals surface area contributed by atoms with Gasteiger partial charge in [-0.25, -0.2) is 4.79 Å². The Morgan fingerprint density at radius 3 is 2.77 bits per heavy atom. The highest BCUT2D eigenvalue weighted by Gasteiger charge is 2.39. The maximum atomic E-state index is 13.0. The van der Waals surface area contributed by atoms with Crippen LogP contribution in [0.15, 0.2) is 41.5 Å². The number of alkyl halides is 1. The largest absolute Gasteiger partial charge is 0.480 e. The number of nitrogens with zero attached hydrogens (tertiary/aromatic N) is 1. The summed E-state index contributed by atoms with van der Waals surface area (Å²) in [7, 11) is 0. The molecule has 0 aliphatic heterocycles. The van der Waals surface area contributed by atoms with Gasteiger partial charge in [0, 0.05) is 46.6 Å². The molecule has 4 nitrogen and oxygen atoms in total. The summed E-state index contributed by atoms with van der Waals surface area (Å²) in [4.78, 5) is 24.4. The minimum absolute atomic E-state index is 0.0262. The van der Waals surface area contributed by atoms with Gasteiger partial charge in [0.25, 0.3) is 0 Å². The Hall–Kier alpha value is -2.22. The third kappa shape index (κ3) is 3.80. The van der Waals surface area contributed by atoms with Gasteiger partial charge in [0.05, 0.1) is 0 Å². The normalized spacial score (nSPS) is 19.3. The molecule has 0 radical (unpaired) electrons. The first-order valence-corrected chi connectivity index (χ1v) is 9.04. The standard InChI is InChI=1S/C20H17Cl2NO3/c1-12(20(25)26)23-10-16(19(24)17(11-23)15-9-18(15)22)14-6-2-4-13(8-14)5-3-7-21/h2,4,6,8,10-12,15,18H,5,9H2,1H3,(H,25,26). The minimum atomic E-state index is -0.963. The van der Waals surface area contributed by atoms with Gasteiger partial charge in [0.15, 0.2) is 5.43 Å². The molecule has 3 atom stereocenters. The molecule has 26 heavy (non-hydrogen) atoms. The number of aliphatic carboxylic acids is 1. The fraction of sp³-hybridized carbons (Fsp3) is 0.300.